The van der Waals surface area contributed by atoms with Crippen molar-refractivity contribution in [2.75, 3.05) is 27.4 Å². The number of hydrogen-bond donors (Lipinski definition) is 0. The van der Waals surface area contributed by atoms with Gasteiger partial charge in [0.25, 0.3) is 0 Å². The van der Waals surface area contributed by atoms with Crippen molar-refractivity contribution in [2.24, 2.45) is 0 Å². The summed E-state index contributed by atoms with van der Waals surface area (Å²) in [6.07, 6.45) is 3.88. The Hall–Kier alpha value is -2.67. The standard InChI is InChI=1S/C21H28N2O5/c1-16(24)8-4-7-11-20(25)27-15-28-21(26)23-14-17(12-13-22(2)3)18-9-5-6-10-19(18)23/h5-6,9-10,14H,4,7-8,11-13,15H2,1-3H3. The van der Waals surface area contributed by atoms with E-state index in [1.165, 1.54) is 11.5 Å². The van der Waals surface area contributed by atoms with Gasteiger partial charge in [-0.05, 0) is 51.9 Å². The molecule has 0 unspecified atom stereocenters. The van der Waals surface area contributed by atoms with Crippen LogP contribution in [-0.2, 0) is 25.5 Å². The fourth-order valence-electron chi connectivity index (χ4n) is 2.88. The quantitative estimate of drug-likeness (QED) is 0.353. The van der Waals surface area contributed by atoms with E-state index in [9.17, 15) is 14.4 Å². The number of ketones is 1. The first-order valence-corrected chi connectivity index (χ1v) is 9.44. The van der Waals surface area contributed by atoms with Gasteiger partial charge in [-0.3, -0.25) is 9.36 Å². The van der Waals surface area contributed by atoms with Crippen LogP contribution in [0.3, 0.4) is 0 Å². The third kappa shape index (κ3) is 6.49. The monoisotopic (exact) mass is 388 g/mol. The molecule has 2 aromatic rings. The second-order valence-corrected chi connectivity index (χ2v) is 7.05. The number of benzene rings is 1. The molecule has 0 bridgehead atoms. The predicted octanol–water partition coefficient (Wildman–Crippen LogP) is 3.38. The minimum absolute atomic E-state index is 0.103. The average Bonchev–Trinajstić information content (AvgIpc) is 3.02. The van der Waals surface area contributed by atoms with E-state index < -0.39 is 18.9 Å². The van der Waals surface area contributed by atoms with E-state index in [4.69, 9.17) is 9.47 Å². The molecule has 0 spiro atoms. The first-order valence-electron chi connectivity index (χ1n) is 9.44. The Morgan fingerprint density at radius 3 is 2.46 bits per heavy atom. The van der Waals surface area contributed by atoms with E-state index in [0.29, 0.717) is 19.3 Å². The van der Waals surface area contributed by atoms with Crippen LogP contribution in [0.2, 0.25) is 0 Å². The van der Waals surface area contributed by atoms with Crippen molar-refractivity contribution >= 4 is 28.7 Å². The molecule has 1 heterocycles. The lowest BCUT2D eigenvalue weighted by Gasteiger charge is -2.08. The minimum atomic E-state index is -0.586. The highest BCUT2D eigenvalue weighted by Crippen LogP contribution is 2.22. The molecule has 7 heteroatoms. The van der Waals surface area contributed by atoms with Crippen LogP contribution in [0.5, 0.6) is 0 Å². The maximum Gasteiger partial charge on any atom is 0.421 e. The van der Waals surface area contributed by atoms with E-state index in [1.54, 1.807) is 6.20 Å². The number of ether oxygens (including phenoxy) is 2. The number of rotatable bonds is 10. The maximum absolute atomic E-state index is 12.4. The molecule has 1 aromatic carbocycles. The van der Waals surface area contributed by atoms with Crippen molar-refractivity contribution in [1.82, 2.24) is 9.47 Å². The molecular formula is C21H28N2O5. The Labute approximate surface area is 165 Å². The first-order chi connectivity index (χ1) is 13.4. The molecule has 7 nitrogen and oxygen atoms in total. The minimum Gasteiger partial charge on any atom is -0.428 e. The zero-order chi connectivity index (χ0) is 20.5. The summed E-state index contributed by atoms with van der Waals surface area (Å²) >= 11 is 0. The zero-order valence-corrected chi connectivity index (χ0v) is 16.8. The number of Topliss-reactive ketones (excluding diaryl/α,β-unsaturated/α-hetero) is 1. The Kier molecular flexibility index (Phi) is 8.19. The molecule has 0 saturated heterocycles. The second-order valence-electron chi connectivity index (χ2n) is 7.05. The summed E-state index contributed by atoms with van der Waals surface area (Å²) in [6.45, 7) is 1.96. The lowest BCUT2D eigenvalue weighted by molar-refractivity contribution is -0.152. The Bertz CT molecular complexity index is 825. The fourth-order valence-corrected chi connectivity index (χ4v) is 2.88. The molecule has 1 aromatic heterocycles. The summed E-state index contributed by atoms with van der Waals surface area (Å²) in [5.74, 6) is -0.341. The fraction of sp³-hybridized carbons (Fsp3) is 0.476. The molecule has 0 atom stereocenters. The topological polar surface area (TPSA) is 77.8 Å². The second kappa shape index (κ2) is 10.6. The van der Waals surface area contributed by atoms with Crippen LogP contribution in [0, 0.1) is 0 Å². The number of hydrogen-bond acceptors (Lipinski definition) is 6. The third-order valence-electron chi connectivity index (χ3n) is 4.38. The van der Waals surface area contributed by atoms with Crippen LogP contribution in [0.4, 0.5) is 4.79 Å². The van der Waals surface area contributed by atoms with Gasteiger partial charge in [-0.1, -0.05) is 18.2 Å². The number of para-hydroxylation sites is 1. The van der Waals surface area contributed by atoms with Gasteiger partial charge in [0.05, 0.1) is 5.52 Å². The van der Waals surface area contributed by atoms with Crippen LogP contribution < -0.4 is 0 Å². The maximum atomic E-state index is 12.4. The van der Waals surface area contributed by atoms with E-state index >= 15 is 0 Å². The molecule has 152 valence electrons. The van der Waals surface area contributed by atoms with Gasteiger partial charge in [-0.15, -0.1) is 0 Å². The number of carbonyl (C=O) groups is 3. The molecule has 0 radical (unpaired) electrons. The van der Waals surface area contributed by atoms with Crippen molar-refractivity contribution in [2.45, 2.75) is 39.0 Å². The molecule has 0 aliphatic heterocycles. The van der Waals surface area contributed by atoms with Crippen molar-refractivity contribution in [3.63, 3.8) is 0 Å². The van der Waals surface area contributed by atoms with Gasteiger partial charge in [-0.25, -0.2) is 4.79 Å². The van der Waals surface area contributed by atoms with E-state index in [1.807, 2.05) is 38.4 Å². The average molecular weight is 388 g/mol. The lowest BCUT2D eigenvalue weighted by atomic mass is 10.1. The van der Waals surface area contributed by atoms with Gasteiger partial charge < -0.3 is 19.2 Å². The molecule has 0 fully saturated rings. The molecule has 2 rings (SSSR count). The van der Waals surface area contributed by atoms with Crippen LogP contribution >= 0.6 is 0 Å². The van der Waals surface area contributed by atoms with Gasteiger partial charge in [-0.2, -0.15) is 0 Å². The lowest BCUT2D eigenvalue weighted by Crippen LogP contribution is -2.17. The summed E-state index contributed by atoms with van der Waals surface area (Å²) in [5, 5.41) is 1.00. The summed E-state index contributed by atoms with van der Waals surface area (Å²) in [7, 11) is 4.00. The van der Waals surface area contributed by atoms with Crippen LogP contribution in [0.1, 0.15) is 38.2 Å². The normalized spacial score (nSPS) is 11.0. The number of aromatic nitrogens is 1. The summed E-state index contributed by atoms with van der Waals surface area (Å²) in [5.41, 5.74) is 1.82. The summed E-state index contributed by atoms with van der Waals surface area (Å²) in [4.78, 5) is 37.0. The Morgan fingerprint density at radius 2 is 1.75 bits per heavy atom. The first kappa shape index (κ1) is 21.6. The van der Waals surface area contributed by atoms with Crippen molar-refractivity contribution in [1.29, 1.82) is 0 Å². The van der Waals surface area contributed by atoms with E-state index in [0.717, 1.165) is 29.4 Å². The molecule has 0 aliphatic carbocycles. The van der Waals surface area contributed by atoms with Crippen molar-refractivity contribution in [3.05, 3.63) is 36.0 Å². The van der Waals surface area contributed by atoms with Gasteiger partial charge >= 0.3 is 12.1 Å². The SMILES string of the molecule is CC(=O)CCCCC(=O)OCOC(=O)n1cc(CCN(C)C)c2ccccc21. The highest BCUT2D eigenvalue weighted by Gasteiger charge is 2.15. The van der Waals surface area contributed by atoms with Gasteiger partial charge in [0.1, 0.15) is 5.78 Å². The number of likely N-dealkylation sites (N-methyl/N-ethyl adjacent to an activating group) is 1. The Balaban J connectivity index is 1.89. The molecule has 0 amide bonds. The van der Waals surface area contributed by atoms with Crippen molar-refractivity contribution in [3.8, 4) is 0 Å². The molecular weight excluding hydrogens is 360 g/mol. The predicted molar refractivity (Wildman–Crippen MR) is 106 cm³/mol. The molecule has 0 N–H and O–H groups in total. The number of fused-ring (bicyclic) bond motifs is 1. The highest BCUT2D eigenvalue weighted by atomic mass is 16.7. The smallest absolute Gasteiger partial charge is 0.421 e. The molecule has 0 aliphatic rings. The van der Waals surface area contributed by atoms with Gasteiger partial charge in [0, 0.05) is 31.0 Å². The van der Waals surface area contributed by atoms with Crippen LogP contribution in [0.15, 0.2) is 30.5 Å². The highest BCUT2D eigenvalue weighted by molar-refractivity contribution is 5.92. The largest absolute Gasteiger partial charge is 0.428 e. The summed E-state index contributed by atoms with van der Waals surface area (Å²) < 4.78 is 11.5. The third-order valence-corrected chi connectivity index (χ3v) is 4.38. The van der Waals surface area contributed by atoms with Gasteiger partial charge in [0.2, 0.25) is 6.79 Å². The summed E-state index contributed by atoms with van der Waals surface area (Å²) in [6, 6.07) is 7.63. The Morgan fingerprint density at radius 1 is 1.04 bits per heavy atom. The van der Waals surface area contributed by atoms with Crippen molar-refractivity contribution < 1.29 is 23.9 Å². The van der Waals surface area contributed by atoms with Crippen LogP contribution in [0.25, 0.3) is 10.9 Å². The van der Waals surface area contributed by atoms with E-state index in [2.05, 4.69) is 4.90 Å². The van der Waals surface area contributed by atoms with E-state index in [-0.39, 0.29) is 12.2 Å². The number of nitrogens with zero attached hydrogens (tertiary/aromatic N) is 2. The van der Waals surface area contributed by atoms with Gasteiger partial charge in [0.15, 0.2) is 0 Å². The van der Waals surface area contributed by atoms with Crippen LogP contribution in [-0.4, -0.2) is 54.7 Å². The number of esters is 1. The molecule has 28 heavy (non-hydrogen) atoms. The number of unbranched alkanes of at least 4 members (excludes halogenated alkanes) is 1. The molecule has 0 saturated carbocycles. The number of carbonyl (C=O) groups excluding carboxylic acids is 3. The zero-order valence-electron chi connectivity index (χ0n) is 16.8.